The van der Waals surface area contributed by atoms with Crippen LogP contribution in [0.25, 0.3) is 0 Å². The van der Waals surface area contributed by atoms with Gasteiger partial charge in [0.15, 0.2) is 0 Å². The second-order valence-corrected chi connectivity index (χ2v) is 8.53. The van der Waals surface area contributed by atoms with Crippen molar-refractivity contribution in [2.45, 2.75) is 74.6 Å². The number of hydrogen-bond donors (Lipinski definition) is 0. The lowest BCUT2D eigenvalue weighted by Crippen LogP contribution is -2.24. The first-order valence-corrected chi connectivity index (χ1v) is 10.4. The molecule has 0 spiro atoms. The molecule has 0 heterocycles. The van der Waals surface area contributed by atoms with Gasteiger partial charge < -0.3 is 0 Å². The average Bonchev–Trinajstić information content (AvgIpc) is 2.49. The van der Waals surface area contributed by atoms with Crippen LogP contribution in [-0.2, 0) is 14.3 Å². The van der Waals surface area contributed by atoms with Gasteiger partial charge in [-0.15, -0.1) is 23.2 Å². The van der Waals surface area contributed by atoms with Gasteiger partial charge in [-0.2, -0.15) is 8.42 Å². The molecular weight excluding hydrogens is 355 g/mol. The molecule has 6 heteroatoms. The van der Waals surface area contributed by atoms with Gasteiger partial charge in [-0.25, -0.2) is 0 Å². The van der Waals surface area contributed by atoms with Crippen LogP contribution >= 0.6 is 23.2 Å². The molecule has 1 aromatic carbocycles. The predicted octanol–water partition coefficient (Wildman–Crippen LogP) is 5.62. The summed E-state index contributed by atoms with van der Waals surface area (Å²) >= 11 is 11.8. The molecule has 0 fully saturated rings. The standard InChI is InChI=1S/C17H26Cl2O3S/c1-3-4-5-6-7-8-9-16(17(18)19)22-23(20,21)15-12-10-14(2)11-13-15/h10-13,16-17H,3-9H2,1-2H3. The van der Waals surface area contributed by atoms with Crippen LogP contribution in [0.2, 0.25) is 0 Å². The number of alkyl halides is 2. The maximum Gasteiger partial charge on any atom is 0.297 e. The summed E-state index contributed by atoms with van der Waals surface area (Å²) in [5.41, 5.74) is 0.986. The molecule has 132 valence electrons. The SMILES string of the molecule is CCCCCCCCC(OS(=O)(=O)c1ccc(C)cc1)C(Cl)Cl. The first-order chi connectivity index (χ1) is 10.9. The first kappa shape index (κ1) is 20.8. The molecular formula is C17H26Cl2O3S. The molecule has 0 N–H and O–H groups in total. The fourth-order valence-corrected chi connectivity index (χ4v) is 3.86. The average molecular weight is 381 g/mol. The molecule has 0 aliphatic heterocycles. The van der Waals surface area contributed by atoms with Gasteiger partial charge in [-0.3, -0.25) is 4.18 Å². The number of halogens is 2. The van der Waals surface area contributed by atoms with Crippen LogP contribution < -0.4 is 0 Å². The van der Waals surface area contributed by atoms with Crippen molar-refractivity contribution in [3.05, 3.63) is 29.8 Å². The highest BCUT2D eigenvalue weighted by Gasteiger charge is 2.26. The minimum atomic E-state index is -3.84. The van der Waals surface area contributed by atoms with Crippen molar-refractivity contribution in [2.75, 3.05) is 0 Å². The first-order valence-electron chi connectivity index (χ1n) is 8.15. The van der Waals surface area contributed by atoms with Gasteiger partial charge in [0.1, 0.15) is 10.9 Å². The molecule has 0 bridgehead atoms. The Labute approximate surface area is 150 Å². The van der Waals surface area contributed by atoms with Crippen molar-refractivity contribution in [1.29, 1.82) is 0 Å². The summed E-state index contributed by atoms with van der Waals surface area (Å²) in [5, 5.41) is 0. The van der Waals surface area contributed by atoms with E-state index in [9.17, 15) is 8.42 Å². The Hall–Kier alpha value is -0.290. The van der Waals surface area contributed by atoms with E-state index in [4.69, 9.17) is 27.4 Å². The topological polar surface area (TPSA) is 43.4 Å². The van der Waals surface area contributed by atoms with E-state index in [0.717, 1.165) is 24.8 Å². The number of benzene rings is 1. The van der Waals surface area contributed by atoms with Crippen molar-refractivity contribution >= 4 is 33.3 Å². The van der Waals surface area contributed by atoms with Crippen LogP contribution in [0.4, 0.5) is 0 Å². The van der Waals surface area contributed by atoms with Gasteiger partial charge in [0, 0.05) is 0 Å². The molecule has 1 rings (SSSR count). The van der Waals surface area contributed by atoms with E-state index in [1.807, 2.05) is 6.92 Å². The Balaban J connectivity index is 2.56. The zero-order valence-corrected chi connectivity index (χ0v) is 16.1. The maximum atomic E-state index is 12.3. The van der Waals surface area contributed by atoms with Crippen molar-refractivity contribution in [3.8, 4) is 0 Å². The number of aryl methyl sites for hydroxylation is 1. The highest BCUT2D eigenvalue weighted by molar-refractivity contribution is 7.86. The smallest absolute Gasteiger partial charge is 0.260 e. The normalized spacial score (nSPS) is 13.4. The molecule has 1 unspecified atom stereocenters. The number of hydrogen-bond acceptors (Lipinski definition) is 3. The van der Waals surface area contributed by atoms with Crippen LogP contribution in [0.1, 0.15) is 57.4 Å². The molecule has 0 aliphatic rings. The van der Waals surface area contributed by atoms with Gasteiger partial charge in [0.2, 0.25) is 0 Å². The lowest BCUT2D eigenvalue weighted by atomic mass is 10.1. The Morgan fingerprint density at radius 1 is 1.00 bits per heavy atom. The summed E-state index contributed by atoms with van der Waals surface area (Å²) in [5.74, 6) is 0. The molecule has 3 nitrogen and oxygen atoms in total. The summed E-state index contributed by atoms with van der Waals surface area (Å²) in [6.07, 6.45) is 6.49. The Kier molecular flexibility index (Phi) is 9.52. The third kappa shape index (κ3) is 7.88. The Morgan fingerprint density at radius 2 is 1.57 bits per heavy atom. The Morgan fingerprint density at radius 3 is 2.13 bits per heavy atom. The van der Waals surface area contributed by atoms with Crippen LogP contribution in [0, 0.1) is 6.92 Å². The highest BCUT2D eigenvalue weighted by Crippen LogP contribution is 2.24. The van der Waals surface area contributed by atoms with Gasteiger partial charge in [-0.1, -0.05) is 63.1 Å². The summed E-state index contributed by atoms with van der Waals surface area (Å²) in [6, 6.07) is 6.53. The highest BCUT2D eigenvalue weighted by atomic mass is 35.5. The van der Waals surface area contributed by atoms with Gasteiger partial charge in [0.05, 0.1) is 4.90 Å². The van der Waals surface area contributed by atoms with Crippen molar-refractivity contribution in [1.82, 2.24) is 0 Å². The molecule has 1 atom stereocenters. The van der Waals surface area contributed by atoms with Crippen LogP contribution in [-0.4, -0.2) is 19.4 Å². The lowest BCUT2D eigenvalue weighted by Gasteiger charge is -2.18. The monoisotopic (exact) mass is 380 g/mol. The van der Waals surface area contributed by atoms with Gasteiger partial charge in [0.25, 0.3) is 10.1 Å². The Bertz CT molecular complexity index is 541. The minimum Gasteiger partial charge on any atom is -0.260 e. The van der Waals surface area contributed by atoms with Crippen LogP contribution in [0.3, 0.4) is 0 Å². The summed E-state index contributed by atoms with van der Waals surface area (Å²) in [6.45, 7) is 4.07. The molecule has 0 amide bonds. The molecule has 0 aliphatic carbocycles. The lowest BCUT2D eigenvalue weighted by molar-refractivity contribution is 0.207. The largest absolute Gasteiger partial charge is 0.297 e. The second-order valence-electron chi connectivity index (χ2n) is 5.79. The van der Waals surface area contributed by atoms with E-state index in [2.05, 4.69) is 6.92 Å². The third-order valence-corrected chi connectivity index (χ3v) is 5.60. The zero-order valence-electron chi connectivity index (χ0n) is 13.8. The van der Waals surface area contributed by atoms with E-state index in [-0.39, 0.29) is 4.90 Å². The van der Waals surface area contributed by atoms with Crippen LogP contribution in [0.5, 0.6) is 0 Å². The van der Waals surface area contributed by atoms with E-state index in [1.165, 1.54) is 31.4 Å². The zero-order chi connectivity index (χ0) is 17.3. The van der Waals surface area contributed by atoms with E-state index < -0.39 is 21.1 Å². The van der Waals surface area contributed by atoms with Crippen molar-refractivity contribution < 1.29 is 12.6 Å². The van der Waals surface area contributed by atoms with E-state index in [0.29, 0.717) is 6.42 Å². The minimum absolute atomic E-state index is 0.130. The fraction of sp³-hybridized carbons (Fsp3) is 0.647. The number of rotatable bonds is 11. The summed E-state index contributed by atoms with van der Waals surface area (Å²) in [7, 11) is -3.84. The van der Waals surface area contributed by atoms with Crippen molar-refractivity contribution in [2.24, 2.45) is 0 Å². The molecule has 0 saturated heterocycles. The van der Waals surface area contributed by atoms with E-state index >= 15 is 0 Å². The quantitative estimate of drug-likeness (QED) is 0.284. The molecule has 0 saturated carbocycles. The molecule has 0 aromatic heterocycles. The van der Waals surface area contributed by atoms with Gasteiger partial charge in [-0.05, 0) is 25.5 Å². The number of unbranched alkanes of at least 4 members (excludes halogenated alkanes) is 5. The summed E-state index contributed by atoms with van der Waals surface area (Å²) < 4.78 is 29.8. The molecule has 23 heavy (non-hydrogen) atoms. The predicted molar refractivity (Wildman–Crippen MR) is 96.7 cm³/mol. The molecule has 1 aromatic rings. The molecule has 0 radical (unpaired) electrons. The van der Waals surface area contributed by atoms with Gasteiger partial charge >= 0.3 is 0 Å². The second kappa shape index (κ2) is 10.5. The van der Waals surface area contributed by atoms with Crippen LogP contribution in [0.15, 0.2) is 29.2 Å². The third-order valence-electron chi connectivity index (χ3n) is 3.68. The van der Waals surface area contributed by atoms with E-state index in [1.54, 1.807) is 12.1 Å². The fourth-order valence-electron chi connectivity index (χ4n) is 2.27. The van der Waals surface area contributed by atoms with Crippen molar-refractivity contribution in [3.63, 3.8) is 0 Å². The maximum absolute atomic E-state index is 12.3. The summed E-state index contributed by atoms with van der Waals surface area (Å²) in [4.78, 5) is -0.740.